The predicted octanol–water partition coefficient (Wildman–Crippen LogP) is 1.46. The van der Waals surface area contributed by atoms with Gasteiger partial charge in [0.1, 0.15) is 0 Å². The van der Waals surface area contributed by atoms with Crippen LogP contribution in [-0.4, -0.2) is 64.2 Å². The number of fused-ring (bicyclic) bond motifs is 1. The molecule has 0 aliphatic carbocycles. The van der Waals surface area contributed by atoms with Crippen LogP contribution in [0, 0.1) is 0 Å². The molecule has 1 aromatic heterocycles. The summed E-state index contributed by atoms with van der Waals surface area (Å²) in [6.45, 7) is 7.99. The van der Waals surface area contributed by atoms with Gasteiger partial charge in [0.25, 0.3) is 11.5 Å². The highest BCUT2D eigenvalue weighted by Gasteiger charge is 2.27. The third-order valence-corrected chi connectivity index (χ3v) is 4.70. The third-order valence-electron chi connectivity index (χ3n) is 4.70. The number of carbonyl (C=O) groups is 2. The molecule has 1 saturated heterocycles. The van der Waals surface area contributed by atoms with Crippen LogP contribution < -0.4 is 10.9 Å². The summed E-state index contributed by atoms with van der Waals surface area (Å²) in [5, 5.41) is 8.21. The molecule has 144 valence electrons. The van der Waals surface area contributed by atoms with Crippen molar-refractivity contribution in [3.8, 4) is 0 Å². The fourth-order valence-electron chi connectivity index (χ4n) is 3.24. The third kappa shape index (κ3) is 3.65. The van der Waals surface area contributed by atoms with E-state index in [0.717, 1.165) is 0 Å². The van der Waals surface area contributed by atoms with Crippen molar-refractivity contribution >= 4 is 22.7 Å². The van der Waals surface area contributed by atoms with Crippen LogP contribution in [0.3, 0.4) is 0 Å². The van der Waals surface area contributed by atoms with E-state index in [2.05, 4.69) is 10.4 Å². The monoisotopic (exact) mass is 371 g/mol. The van der Waals surface area contributed by atoms with E-state index in [-0.39, 0.29) is 29.2 Å². The number of urea groups is 1. The van der Waals surface area contributed by atoms with E-state index in [1.807, 2.05) is 20.8 Å². The molecule has 1 aliphatic rings. The van der Waals surface area contributed by atoms with E-state index in [0.29, 0.717) is 43.5 Å². The molecule has 0 atom stereocenters. The Bertz CT molecular complexity index is 913. The first-order valence-corrected chi connectivity index (χ1v) is 9.27. The van der Waals surface area contributed by atoms with Crippen LogP contribution in [0.25, 0.3) is 10.8 Å². The van der Waals surface area contributed by atoms with E-state index < -0.39 is 0 Å². The standard InChI is InChI=1S/C19H25N5O3/c1-4-20-19(27)23-11-9-22(10-12-23)18(26)16-14-7-5-6-8-15(14)17(25)24(21-16)13(2)3/h5-8,13H,4,9-12H2,1-3H3,(H,20,27). The summed E-state index contributed by atoms with van der Waals surface area (Å²) in [4.78, 5) is 41.1. The number of benzene rings is 1. The number of aromatic nitrogens is 2. The van der Waals surface area contributed by atoms with Crippen molar-refractivity contribution in [2.24, 2.45) is 0 Å². The van der Waals surface area contributed by atoms with Gasteiger partial charge in [-0.15, -0.1) is 0 Å². The largest absolute Gasteiger partial charge is 0.338 e. The van der Waals surface area contributed by atoms with Crippen molar-refractivity contribution in [3.63, 3.8) is 0 Å². The van der Waals surface area contributed by atoms with E-state index in [4.69, 9.17) is 0 Å². The molecular weight excluding hydrogens is 346 g/mol. The molecule has 2 aromatic rings. The Morgan fingerprint density at radius 1 is 1.07 bits per heavy atom. The minimum Gasteiger partial charge on any atom is -0.338 e. The van der Waals surface area contributed by atoms with Crippen molar-refractivity contribution < 1.29 is 9.59 Å². The van der Waals surface area contributed by atoms with Gasteiger partial charge in [0.05, 0.1) is 11.4 Å². The summed E-state index contributed by atoms with van der Waals surface area (Å²) >= 11 is 0. The van der Waals surface area contributed by atoms with E-state index in [1.54, 1.807) is 34.1 Å². The van der Waals surface area contributed by atoms with Gasteiger partial charge in [0.2, 0.25) is 0 Å². The normalized spacial score (nSPS) is 14.7. The van der Waals surface area contributed by atoms with Crippen LogP contribution in [0.2, 0.25) is 0 Å². The molecule has 0 radical (unpaired) electrons. The average molecular weight is 371 g/mol. The average Bonchev–Trinajstić information content (AvgIpc) is 2.68. The molecule has 8 heteroatoms. The molecule has 0 unspecified atom stereocenters. The van der Waals surface area contributed by atoms with E-state index in [9.17, 15) is 14.4 Å². The molecule has 1 fully saturated rings. The first-order valence-electron chi connectivity index (χ1n) is 9.27. The van der Waals surface area contributed by atoms with E-state index >= 15 is 0 Å². The lowest BCUT2D eigenvalue weighted by Crippen LogP contribution is -2.53. The molecule has 0 bridgehead atoms. The van der Waals surface area contributed by atoms with Crippen LogP contribution in [0.5, 0.6) is 0 Å². The van der Waals surface area contributed by atoms with Gasteiger partial charge in [-0.05, 0) is 26.8 Å². The fraction of sp³-hybridized carbons (Fsp3) is 0.474. The zero-order valence-electron chi connectivity index (χ0n) is 15.9. The molecule has 27 heavy (non-hydrogen) atoms. The summed E-state index contributed by atoms with van der Waals surface area (Å²) in [6.07, 6.45) is 0. The number of nitrogens with one attached hydrogen (secondary N) is 1. The second-order valence-electron chi connectivity index (χ2n) is 6.85. The first-order chi connectivity index (χ1) is 12.9. The minimum atomic E-state index is -0.212. The Morgan fingerprint density at radius 2 is 1.67 bits per heavy atom. The maximum absolute atomic E-state index is 13.1. The van der Waals surface area contributed by atoms with Crippen LogP contribution in [-0.2, 0) is 0 Å². The Morgan fingerprint density at radius 3 is 2.26 bits per heavy atom. The molecule has 1 aromatic carbocycles. The van der Waals surface area contributed by atoms with Crippen LogP contribution in [0.15, 0.2) is 29.1 Å². The predicted molar refractivity (Wildman–Crippen MR) is 103 cm³/mol. The van der Waals surface area contributed by atoms with E-state index in [1.165, 1.54) is 4.68 Å². The summed E-state index contributed by atoms with van der Waals surface area (Å²) in [5.41, 5.74) is 0.0866. The summed E-state index contributed by atoms with van der Waals surface area (Å²) in [6, 6.07) is 6.81. The summed E-state index contributed by atoms with van der Waals surface area (Å²) < 4.78 is 1.36. The van der Waals surface area contributed by atoms with Gasteiger partial charge in [0.15, 0.2) is 5.69 Å². The van der Waals surface area contributed by atoms with Crippen LogP contribution >= 0.6 is 0 Å². The zero-order chi connectivity index (χ0) is 19.6. The molecule has 1 N–H and O–H groups in total. The quantitative estimate of drug-likeness (QED) is 0.885. The molecule has 3 amide bonds. The molecule has 8 nitrogen and oxygen atoms in total. The second kappa shape index (κ2) is 7.77. The van der Waals surface area contributed by atoms with Gasteiger partial charge in [-0.1, -0.05) is 18.2 Å². The minimum absolute atomic E-state index is 0.110. The van der Waals surface area contributed by atoms with Crippen molar-refractivity contribution in [2.45, 2.75) is 26.8 Å². The number of hydrogen-bond acceptors (Lipinski definition) is 4. The van der Waals surface area contributed by atoms with Crippen LogP contribution in [0.4, 0.5) is 4.79 Å². The number of nitrogens with zero attached hydrogens (tertiary/aromatic N) is 4. The second-order valence-corrected chi connectivity index (χ2v) is 6.85. The van der Waals surface area contributed by atoms with Crippen molar-refractivity contribution in [2.75, 3.05) is 32.7 Å². The smallest absolute Gasteiger partial charge is 0.317 e. The first kappa shape index (κ1) is 18.9. The van der Waals surface area contributed by atoms with Gasteiger partial charge in [0, 0.05) is 38.1 Å². The van der Waals surface area contributed by atoms with Gasteiger partial charge in [-0.2, -0.15) is 5.10 Å². The zero-order valence-corrected chi connectivity index (χ0v) is 15.9. The van der Waals surface area contributed by atoms with Gasteiger partial charge < -0.3 is 15.1 Å². The maximum Gasteiger partial charge on any atom is 0.317 e. The highest BCUT2D eigenvalue weighted by molar-refractivity contribution is 6.04. The number of hydrogen-bond donors (Lipinski definition) is 1. The Labute approximate surface area is 157 Å². The van der Waals surface area contributed by atoms with Crippen molar-refractivity contribution in [1.29, 1.82) is 0 Å². The van der Waals surface area contributed by atoms with Crippen molar-refractivity contribution in [3.05, 3.63) is 40.3 Å². The Balaban J connectivity index is 1.90. The van der Waals surface area contributed by atoms with Crippen molar-refractivity contribution in [1.82, 2.24) is 24.9 Å². The molecular formula is C19H25N5O3. The number of piperazine rings is 1. The fourth-order valence-corrected chi connectivity index (χ4v) is 3.24. The molecule has 0 saturated carbocycles. The molecule has 1 aliphatic heterocycles. The Kier molecular flexibility index (Phi) is 5.43. The lowest BCUT2D eigenvalue weighted by atomic mass is 10.1. The highest BCUT2D eigenvalue weighted by atomic mass is 16.2. The number of amides is 3. The topological polar surface area (TPSA) is 87.5 Å². The molecule has 0 spiro atoms. The lowest BCUT2D eigenvalue weighted by Gasteiger charge is -2.34. The molecule has 2 heterocycles. The maximum atomic E-state index is 13.1. The molecule has 3 rings (SSSR count). The van der Waals surface area contributed by atoms with Crippen LogP contribution in [0.1, 0.15) is 37.3 Å². The highest BCUT2D eigenvalue weighted by Crippen LogP contribution is 2.17. The van der Waals surface area contributed by atoms with Gasteiger partial charge >= 0.3 is 6.03 Å². The Hall–Kier alpha value is -2.90. The van der Waals surface area contributed by atoms with Gasteiger partial charge in [-0.25, -0.2) is 9.48 Å². The summed E-state index contributed by atoms with van der Waals surface area (Å²) in [7, 11) is 0. The number of rotatable bonds is 3. The number of carbonyl (C=O) groups excluding carboxylic acids is 2. The summed E-state index contributed by atoms with van der Waals surface area (Å²) in [5.74, 6) is -0.212. The van der Waals surface area contributed by atoms with Gasteiger partial charge in [-0.3, -0.25) is 9.59 Å². The lowest BCUT2D eigenvalue weighted by molar-refractivity contribution is 0.0659. The SMILES string of the molecule is CCNC(=O)N1CCN(C(=O)c2nn(C(C)C)c(=O)c3ccccc23)CC1.